The van der Waals surface area contributed by atoms with Crippen LogP contribution < -0.4 is 10.5 Å². The van der Waals surface area contributed by atoms with E-state index < -0.39 is 30.1 Å². The molecule has 1 atom stereocenters. The lowest BCUT2D eigenvalue weighted by Crippen LogP contribution is -2.44. The van der Waals surface area contributed by atoms with Crippen molar-refractivity contribution < 1.29 is 25.8 Å². The minimum absolute atomic E-state index is 0.0122. The van der Waals surface area contributed by atoms with E-state index in [2.05, 4.69) is 33.9 Å². The van der Waals surface area contributed by atoms with E-state index in [0.717, 1.165) is 20.0 Å². The number of fused-ring (bicyclic) bond motifs is 1. The second-order valence-electron chi connectivity index (χ2n) is 13.2. The number of aromatic nitrogens is 1. The highest BCUT2D eigenvalue weighted by Gasteiger charge is 2.41. The number of aryl methyl sites for hydroxylation is 2. The molecule has 1 saturated heterocycles. The van der Waals surface area contributed by atoms with E-state index in [1.807, 2.05) is 4.90 Å². The van der Waals surface area contributed by atoms with Gasteiger partial charge >= 0.3 is 0 Å². The summed E-state index contributed by atoms with van der Waals surface area (Å²) in [5.74, 6) is -2.12. The fourth-order valence-corrected chi connectivity index (χ4v) is 8.00. The van der Waals surface area contributed by atoms with E-state index in [0.29, 0.717) is 36.2 Å². The molecule has 11 heteroatoms. The fourth-order valence-electron chi connectivity index (χ4n) is 5.77. The number of hydrogen-bond donors (Lipinski definition) is 0. The maximum atomic E-state index is 16.4. The van der Waals surface area contributed by atoms with Crippen molar-refractivity contribution in [3.05, 3.63) is 57.4 Å². The van der Waals surface area contributed by atoms with Crippen LogP contribution in [0.1, 0.15) is 57.2 Å². The number of hydrogen-bond acceptors (Lipinski definition) is 6. The van der Waals surface area contributed by atoms with Gasteiger partial charge in [0, 0.05) is 47.3 Å². The minimum Gasteiger partial charge on any atom is -0.412 e. The average Bonchev–Trinajstić information content (AvgIpc) is 3.64. The standard InChI is InChI=1S/C31H40F2N2O5SSi/c1-18-9-12-24(41(37,38)39-6)22(15-18)23-16-25(36)35(20-10-11-20)29-19(2)30(28(33)27(32)26(23)29)34-14-13-21(17-34)40-42(7,8)31(3,4)5/h9,12,15-16,20-21H,10-11,13-14,17H2,1-8H3/t21-/m0/s1. The van der Waals surface area contributed by atoms with Crippen molar-refractivity contribution in [1.82, 2.24) is 4.57 Å². The lowest BCUT2D eigenvalue weighted by Gasteiger charge is -2.38. The summed E-state index contributed by atoms with van der Waals surface area (Å²) in [5, 5.41) is -0.0927. The normalized spacial score (nSPS) is 18.3. The van der Waals surface area contributed by atoms with E-state index in [1.165, 1.54) is 12.1 Å². The molecule has 0 bridgehead atoms. The first kappa shape index (κ1) is 30.8. The first-order valence-corrected chi connectivity index (χ1v) is 18.7. The van der Waals surface area contributed by atoms with Crippen molar-refractivity contribution in [1.29, 1.82) is 0 Å². The van der Waals surface area contributed by atoms with Gasteiger partial charge in [0.1, 0.15) is 4.90 Å². The molecule has 1 aliphatic carbocycles. The third-order valence-electron chi connectivity index (χ3n) is 9.14. The first-order valence-electron chi connectivity index (χ1n) is 14.4. The molecule has 2 heterocycles. The summed E-state index contributed by atoms with van der Waals surface area (Å²) < 4.78 is 71.4. The van der Waals surface area contributed by atoms with Crippen LogP contribution in [0.5, 0.6) is 0 Å². The summed E-state index contributed by atoms with van der Waals surface area (Å²) in [5.41, 5.74) is 1.30. The van der Waals surface area contributed by atoms with Gasteiger partial charge in [-0.2, -0.15) is 8.42 Å². The summed E-state index contributed by atoms with van der Waals surface area (Å²) in [6.45, 7) is 15.2. The zero-order valence-corrected chi connectivity index (χ0v) is 27.4. The molecule has 3 aromatic rings. The van der Waals surface area contributed by atoms with Crippen molar-refractivity contribution in [3.63, 3.8) is 0 Å². The van der Waals surface area contributed by atoms with Crippen LogP contribution in [0.4, 0.5) is 14.5 Å². The summed E-state index contributed by atoms with van der Waals surface area (Å²) in [6, 6.07) is 5.62. The maximum absolute atomic E-state index is 16.4. The smallest absolute Gasteiger partial charge is 0.297 e. The predicted molar refractivity (Wildman–Crippen MR) is 164 cm³/mol. The molecular weight excluding hydrogens is 578 g/mol. The number of pyridine rings is 1. The third kappa shape index (κ3) is 5.22. The molecule has 228 valence electrons. The van der Waals surface area contributed by atoms with Gasteiger partial charge in [0.05, 0.1) is 24.4 Å². The van der Waals surface area contributed by atoms with E-state index >= 15 is 8.78 Å². The summed E-state index contributed by atoms with van der Waals surface area (Å²) in [7, 11) is -5.26. The predicted octanol–water partition coefficient (Wildman–Crippen LogP) is 6.83. The zero-order valence-electron chi connectivity index (χ0n) is 25.6. The molecule has 7 nitrogen and oxygen atoms in total. The van der Waals surface area contributed by atoms with Crippen molar-refractivity contribution in [2.75, 3.05) is 25.1 Å². The first-order chi connectivity index (χ1) is 19.5. The lowest BCUT2D eigenvalue weighted by molar-refractivity contribution is 0.202. The minimum atomic E-state index is -4.22. The van der Waals surface area contributed by atoms with Crippen molar-refractivity contribution in [2.24, 2.45) is 0 Å². The lowest BCUT2D eigenvalue weighted by atomic mass is 9.96. The Bertz CT molecular complexity index is 1740. The molecule has 42 heavy (non-hydrogen) atoms. The maximum Gasteiger partial charge on any atom is 0.297 e. The van der Waals surface area contributed by atoms with Gasteiger partial charge in [0.2, 0.25) is 0 Å². The van der Waals surface area contributed by atoms with Crippen molar-refractivity contribution in [2.45, 2.75) is 89.1 Å². The Morgan fingerprint density at radius 1 is 1.00 bits per heavy atom. The number of rotatable bonds is 7. The average molecular weight is 619 g/mol. The van der Waals surface area contributed by atoms with Crippen LogP contribution in [0.25, 0.3) is 22.0 Å². The molecule has 0 amide bonds. The summed E-state index contributed by atoms with van der Waals surface area (Å²) in [4.78, 5) is 15.3. The molecule has 2 aliphatic rings. The SMILES string of the molecule is COS(=O)(=O)c1ccc(C)cc1-c1cc(=O)n(C2CC2)c2c(C)c(N3CC[C@H](O[Si](C)(C)C(C)(C)C)C3)c(F)c(F)c12. The second-order valence-corrected chi connectivity index (χ2v) is 19.6. The fraction of sp³-hybridized carbons (Fsp3) is 0.516. The Balaban J connectivity index is 1.73. The van der Waals surface area contributed by atoms with Gasteiger partial charge < -0.3 is 13.9 Å². The monoisotopic (exact) mass is 618 g/mol. The molecule has 1 saturated carbocycles. The highest BCUT2D eigenvalue weighted by Crippen LogP contribution is 2.45. The highest BCUT2D eigenvalue weighted by atomic mass is 32.2. The third-order valence-corrected chi connectivity index (χ3v) is 15.0. The molecule has 2 aromatic carbocycles. The molecule has 0 N–H and O–H groups in total. The Hall–Kier alpha value is -2.60. The van der Waals surface area contributed by atoms with Crippen LogP contribution >= 0.6 is 0 Å². The number of benzene rings is 2. The Kier molecular flexibility index (Phi) is 7.74. The van der Waals surface area contributed by atoms with E-state index in [1.54, 1.807) is 30.5 Å². The van der Waals surface area contributed by atoms with Gasteiger partial charge in [0.25, 0.3) is 15.7 Å². The van der Waals surface area contributed by atoms with E-state index in [4.69, 9.17) is 8.61 Å². The van der Waals surface area contributed by atoms with Gasteiger partial charge in [0.15, 0.2) is 20.0 Å². The molecule has 1 aliphatic heterocycles. The van der Waals surface area contributed by atoms with Crippen LogP contribution in [0.3, 0.4) is 0 Å². The van der Waals surface area contributed by atoms with Crippen LogP contribution in [0.15, 0.2) is 34.0 Å². The van der Waals surface area contributed by atoms with Crippen molar-refractivity contribution >= 4 is 35.0 Å². The summed E-state index contributed by atoms with van der Waals surface area (Å²) in [6.07, 6.45) is 2.07. The quantitative estimate of drug-likeness (QED) is 0.213. The number of nitrogens with zero attached hydrogens (tertiary/aromatic N) is 2. The van der Waals surface area contributed by atoms with Crippen molar-refractivity contribution in [3.8, 4) is 11.1 Å². The van der Waals surface area contributed by atoms with Gasteiger partial charge in [-0.05, 0) is 57.3 Å². The molecule has 2 fully saturated rings. The molecular formula is C31H40F2N2O5SSi. The molecule has 0 spiro atoms. The Labute approximate surface area is 247 Å². The Morgan fingerprint density at radius 3 is 2.26 bits per heavy atom. The van der Waals surface area contributed by atoms with Gasteiger partial charge in [-0.1, -0.05) is 38.5 Å². The van der Waals surface area contributed by atoms with E-state index in [-0.39, 0.29) is 49.8 Å². The van der Waals surface area contributed by atoms with E-state index in [9.17, 15) is 13.2 Å². The molecule has 0 unspecified atom stereocenters. The topological polar surface area (TPSA) is 77.8 Å². The van der Waals surface area contributed by atoms with Crippen LogP contribution in [-0.2, 0) is 18.7 Å². The van der Waals surface area contributed by atoms with Crippen LogP contribution in [0.2, 0.25) is 18.1 Å². The van der Waals surface area contributed by atoms with Crippen LogP contribution in [0, 0.1) is 25.5 Å². The second kappa shape index (κ2) is 10.5. The Morgan fingerprint density at radius 2 is 1.67 bits per heavy atom. The van der Waals surface area contributed by atoms with Crippen LogP contribution in [-0.4, -0.2) is 47.6 Å². The van der Waals surface area contributed by atoms with Gasteiger partial charge in [-0.3, -0.25) is 8.98 Å². The molecule has 1 aromatic heterocycles. The summed E-state index contributed by atoms with van der Waals surface area (Å²) >= 11 is 0. The largest absolute Gasteiger partial charge is 0.412 e. The number of halogens is 2. The highest BCUT2D eigenvalue weighted by molar-refractivity contribution is 7.86. The van der Waals surface area contributed by atoms with Gasteiger partial charge in [-0.15, -0.1) is 0 Å². The molecule has 5 rings (SSSR count). The molecule has 0 radical (unpaired) electrons. The van der Waals surface area contributed by atoms with Gasteiger partial charge in [-0.25, -0.2) is 8.78 Å². The number of anilines is 1. The zero-order chi connectivity index (χ0) is 30.9.